The van der Waals surface area contributed by atoms with E-state index in [0.29, 0.717) is 22.3 Å². The van der Waals surface area contributed by atoms with Gasteiger partial charge in [0.25, 0.3) is 0 Å². The maximum atomic E-state index is 14.1. The van der Waals surface area contributed by atoms with E-state index < -0.39 is 62.3 Å². The topological polar surface area (TPSA) is 52.6 Å². The molecule has 0 unspecified atom stereocenters. The van der Waals surface area contributed by atoms with Crippen LogP contribution < -0.4 is 0 Å². The van der Waals surface area contributed by atoms with Gasteiger partial charge in [0.2, 0.25) is 0 Å². The fourth-order valence-electron chi connectivity index (χ4n) is 4.86. The molecule has 0 saturated carbocycles. The molecule has 4 nitrogen and oxygen atoms in total. The van der Waals surface area contributed by atoms with Crippen LogP contribution in [0.5, 0.6) is 0 Å². The zero-order valence-electron chi connectivity index (χ0n) is 22.5. The summed E-state index contributed by atoms with van der Waals surface area (Å²) in [6, 6.07) is 21.9. The molecule has 0 bridgehead atoms. The molecule has 0 aliphatic heterocycles. The molecule has 212 valence electrons. The quantitative estimate of drug-likeness (QED) is 0.129. The molecular formula is C32H28F4O4Sn. The van der Waals surface area contributed by atoms with Crippen molar-refractivity contribution in [2.24, 2.45) is 0 Å². The Bertz CT molecular complexity index is 1270. The van der Waals surface area contributed by atoms with Gasteiger partial charge in [0.1, 0.15) is 0 Å². The van der Waals surface area contributed by atoms with Gasteiger partial charge in [0.15, 0.2) is 0 Å². The normalized spacial score (nSPS) is 11.5. The summed E-state index contributed by atoms with van der Waals surface area (Å²) >= 11 is -5.58. The maximum absolute atomic E-state index is 14.1. The minimum atomic E-state index is -5.58. The molecule has 0 aromatic heterocycles. The van der Waals surface area contributed by atoms with Crippen LogP contribution in [0.15, 0.2) is 97.1 Å². The summed E-state index contributed by atoms with van der Waals surface area (Å²) in [6.07, 6.45) is -0.108. The summed E-state index contributed by atoms with van der Waals surface area (Å²) in [4.78, 5) is 26.5. The first kappa shape index (κ1) is 30.3. The van der Waals surface area contributed by atoms with Gasteiger partial charge in [-0.05, 0) is 0 Å². The summed E-state index contributed by atoms with van der Waals surface area (Å²) in [5.41, 5.74) is 1.87. The van der Waals surface area contributed by atoms with E-state index in [1.165, 1.54) is 97.1 Å². The second-order valence-corrected chi connectivity index (χ2v) is 18.0. The van der Waals surface area contributed by atoms with E-state index in [1.807, 2.05) is 0 Å². The SMILES string of the molecule is CCC(=O)[O][Sn]([O]C(=O)CC)([CH](c1ccc(F)cc1)c1ccc(F)cc1)[CH](c1ccc(F)cc1)c1ccc(F)cc1. The van der Waals surface area contributed by atoms with E-state index in [-0.39, 0.29) is 12.8 Å². The van der Waals surface area contributed by atoms with Crippen molar-refractivity contribution >= 4 is 31.1 Å². The van der Waals surface area contributed by atoms with Gasteiger partial charge in [0.05, 0.1) is 0 Å². The number of hydrogen-bond donors (Lipinski definition) is 0. The Labute approximate surface area is 240 Å². The monoisotopic (exact) mass is 672 g/mol. The van der Waals surface area contributed by atoms with E-state index in [9.17, 15) is 27.2 Å². The molecule has 0 saturated heterocycles. The van der Waals surface area contributed by atoms with E-state index in [4.69, 9.17) is 6.15 Å². The van der Waals surface area contributed by atoms with Crippen LogP contribution in [0.2, 0.25) is 0 Å². The van der Waals surface area contributed by atoms with Crippen molar-refractivity contribution in [1.82, 2.24) is 0 Å². The van der Waals surface area contributed by atoms with Crippen molar-refractivity contribution < 1.29 is 33.3 Å². The Hall–Kier alpha value is -3.66. The fraction of sp³-hybridized carbons (Fsp3) is 0.188. The molecule has 0 N–H and O–H groups in total. The van der Waals surface area contributed by atoms with Crippen molar-refractivity contribution in [1.29, 1.82) is 0 Å². The number of halogens is 4. The van der Waals surface area contributed by atoms with Crippen molar-refractivity contribution in [3.05, 3.63) is 143 Å². The predicted octanol–water partition coefficient (Wildman–Crippen LogP) is 7.63. The van der Waals surface area contributed by atoms with Gasteiger partial charge in [-0.3, -0.25) is 0 Å². The Morgan fingerprint density at radius 2 is 0.732 bits per heavy atom. The van der Waals surface area contributed by atoms with Gasteiger partial charge in [-0.25, -0.2) is 0 Å². The van der Waals surface area contributed by atoms with Crippen LogP contribution in [0.3, 0.4) is 0 Å². The number of rotatable bonds is 10. The molecule has 0 spiro atoms. The summed E-state index contributed by atoms with van der Waals surface area (Å²) < 4.78 is 67.4. The first-order valence-electron chi connectivity index (χ1n) is 13.1. The fourth-order valence-corrected chi connectivity index (χ4v) is 17.6. The first-order valence-corrected chi connectivity index (χ1v) is 18.7. The molecule has 0 aliphatic carbocycles. The summed E-state index contributed by atoms with van der Waals surface area (Å²) in [7, 11) is 0. The van der Waals surface area contributed by atoms with Crippen LogP contribution in [0, 0.1) is 23.3 Å². The van der Waals surface area contributed by atoms with Crippen LogP contribution in [0.25, 0.3) is 0 Å². The van der Waals surface area contributed by atoms with Crippen molar-refractivity contribution in [3.63, 3.8) is 0 Å². The van der Waals surface area contributed by atoms with Crippen LogP contribution in [-0.4, -0.2) is 31.1 Å². The van der Waals surface area contributed by atoms with Gasteiger partial charge >= 0.3 is 242 Å². The summed E-state index contributed by atoms with van der Waals surface area (Å²) in [5, 5.41) is 0. The Kier molecular flexibility index (Phi) is 9.85. The molecule has 0 atom stereocenters. The summed E-state index contributed by atoms with van der Waals surface area (Å²) in [6.45, 7) is 3.19. The van der Waals surface area contributed by atoms with Crippen molar-refractivity contribution in [2.75, 3.05) is 0 Å². The van der Waals surface area contributed by atoms with Crippen molar-refractivity contribution in [2.45, 2.75) is 34.6 Å². The molecular weight excluding hydrogens is 643 g/mol. The number of carbonyl (C=O) groups is 2. The van der Waals surface area contributed by atoms with Crippen LogP contribution >= 0.6 is 0 Å². The molecule has 4 rings (SSSR count). The molecule has 0 aliphatic rings. The second-order valence-electron chi connectivity index (χ2n) is 9.45. The molecule has 0 heterocycles. The van der Waals surface area contributed by atoms with Gasteiger partial charge in [0, 0.05) is 0 Å². The minimum absolute atomic E-state index is 0.0541. The molecule has 0 fully saturated rings. The van der Waals surface area contributed by atoms with Crippen molar-refractivity contribution in [3.8, 4) is 0 Å². The molecule has 0 amide bonds. The van der Waals surface area contributed by atoms with Gasteiger partial charge < -0.3 is 0 Å². The second kappa shape index (κ2) is 13.3. The van der Waals surface area contributed by atoms with Gasteiger partial charge in [-0.15, -0.1) is 0 Å². The van der Waals surface area contributed by atoms with E-state index >= 15 is 0 Å². The van der Waals surface area contributed by atoms with Gasteiger partial charge in [-0.1, -0.05) is 0 Å². The number of carbonyl (C=O) groups excluding carboxylic acids is 2. The predicted molar refractivity (Wildman–Crippen MR) is 148 cm³/mol. The zero-order chi connectivity index (χ0) is 29.6. The third-order valence-electron chi connectivity index (χ3n) is 6.74. The standard InChI is InChI=1S/2C13H9F2.2C3H6O2.Sn/c2*14-12-5-1-10(2-6-12)9-11-3-7-13(15)8-4-11;2*1-2-3(4)5;/h2*1-9H;2*2H2,1H3,(H,4,5);/q;;;;+2/p-2. The Morgan fingerprint density at radius 1 is 0.512 bits per heavy atom. The molecule has 4 aromatic rings. The van der Waals surface area contributed by atoms with Crippen LogP contribution in [-0.2, 0) is 15.7 Å². The summed E-state index contributed by atoms with van der Waals surface area (Å²) in [5.74, 6) is -3.36. The van der Waals surface area contributed by atoms with Crippen LogP contribution in [0.1, 0.15) is 56.8 Å². The van der Waals surface area contributed by atoms with Crippen LogP contribution in [0.4, 0.5) is 17.6 Å². The Morgan fingerprint density at radius 3 is 0.927 bits per heavy atom. The number of hydrogen-bond acceptors (Lipinski definition) is 4. The average Bonchev–Trinajstić information content (AvgIpc) is 2.97. The zero-order valence-corrected chi connectivity index (χ0v) is 25.3. The molecule has 4 aromatic carbocycles. The van der Waals surface area contributed by atoms with E-state index in [2.05, 4.69) is 0 Å². The first-order chi connectivity index (χ1) is 19.7. The van der Waals surface area contributed by atoms with E-state index in [1.54, 1.807) is 13.8 Å². The Balaban J connectivity index is 2.15. The molecule has 41 heavy (non-hydrogen) atoms. The third-order valence-corrected chi connectivity index (χ3v) is 18.3. The third kappa shape index (κ3) is 6.98. The average molecular weight is 671 g/mol. The number of benzene rings is 4. The van der Waals surface area contributed by atoms with E-state index in [0.717, 1.165) is 0 Å². The molecule has 0 radical (unpaired) electrons. The molecule has 9 heteroatoms. The van der Waals surface area contributed by atoms with Gasteiger partial charge in [-0.2, -0.15) is 0 Å².